The van der Waals surface area contributed by atoms with Crippen LogP contribution in [0.5, 0.6) is 0 Å². The van der Waals surface area contributed by atoms with Crippen molar-refractivity contribution in [3.8, 4) is 0 Å². The highest BCUT2D eigenvalue weighted by Crippen LogP contribution is 2.29. The molecule has 1 aromatic carbocycles. The Kier molecular flexibility index (Phi) is 5.63. The molecule has 0 saturated heterocycles. The van der Waals surface area contributed by atoms with E-state index in [2.05, 4.69) is 56.8 Å². The monoisotopic (exact) mass is 214 g/mol. The molecule has 0 aromatic heterocycles. The van der Waals surface area contributed by atoms with Crippen molar-refractivity contribution in [2.24, 2.45) is 5.92 Å². The zero-order valence-electron chi connectivity index (χ0n) is 10.4. The SMILES string of the molecule is C(=C1CC1)c1ccccc1.C=CCC(C)C. The number of benzene rings is 1. The first-order valence-corrected chi connectivity index (χ1v) is 6.07. The van der Waals surface area contributed by atoms with E-state index in [0.29, 0.717) is 0 Å². The standard InChI is InChI=1S/C10H10.C6H12/c1-2-4-9(5-3-1)8-10-6-7-10;1-4-5-6(2)3/h1-5,8H,6-7H2;4,6H,1,5H2,2-3H3. The molecule has 1 fully saturated rings. The maximum absolute atomic E-state index is 3.60. The zero-order valence-corrected chi connectivity index (χ0v) is 10.4. The van der Waals surface area contributed by atoms with Crippen molar-refractivity contribution in [3.63, 3.8) is 0 Å². The van der Waals surface area contributed by atoms with Gasteiger partial charge in [0, 0.05) is 0 Å². The third-order valence-corrected chi connectivity index (χ3v) is 2.35. The van der Waals surface area contributed by atoms with Crippen LogP contribution < -0.4 is 0 Å². The fraction of sp³-hybridized carbons (Fsp3) is 0.375. The molecule has 0 N–H and O–H groups in total. The molecule has 0 heterocycles. The van der Waals surface area contributed by atoms with Gasteiger partial charge in [-0.2, -0.15) is 0 Å². The molecule has 0 nitrogen and oxygen atoms in total. The van der Waals surface area contributed by atoms with Crippen molar-refractivity contribution in [1.82, 2.24) is 0 Å². The maximum atomic E-state index is 3.60. The van der Waals surface area contributed by atoms with Gasteiger partial charge in [0.05, 0.1) is 0 Å². The largest absolute Gasteiger partial charge is 0.103 e. The van der Waals surface area contributed by atoms with Crippen LogP contribution in [0.1, 0.15) is 38.7 Å². The lowest BCUT2D eigenvalue weighted by molar-refractivity contribution is 0.664. The third kappa shape index (κ3) is 6.23. The van der Waals surface area contributed by atoms with Gasteiger partial charge < -0.3 is 0 Å². The molecule has 0 radical (unpaired) electrons. The molecule has 2 rings (SSSR count). The zero-order chi connectivity index (χ0) is 11.8. The molecule has 0 heteroatoms. The van der Waals surface area contributed by atoms with E-state index < -0.39 is 0 Å². The molecule has 0 aliphatic heterocycles. The van der Waals surface area contributed by atoms with E-state index in [0.717, 1.165) is 12.3 Å². The van der Waals surface area contributed by atoms with Gasteiger partial charge in [-0.05, 0) is 30.7 Å². The summed E-state index contributed by atoms with van der Waals surface area (Å²) in [6.07, 6.45) is 7.99. The number of hydrogen-bond donors (Lipinski definition) is 0. The maximum Gasteiger partial charge on any atom is -0.0257 e. The van der Waals surface area contributed by atoms with Gasteiger partial charge in [0.25, 0.3) is 0 Å². The quantitative estimate of drug-likeness (QED) is 0.615. The Morgan fingerprint density at radius 3 is 2.19 bits per heavy atom. The van der Waals surface area contributed by atoms with Gasteiger partial charge in [-0.3, -0.25) is 0 Å². The average Bonchev–Trinajstić information content (AvgIpc) is 3.04. The van der Waals surface area contributed by atoms with Crippen LogP contribution in [-0.4, -0.2) is 0 Å². The van der Waals surface area contributed by atoms with E-state index in [4.69, 9.17) is 0 Å². The van der Waals surface area contributed by atoms with Crippen molar-refractivity contribution < 1.29 is 0 Å². The Bertz CT molecular complexity index is 324. The van der Waals surface area contributed by atoms with Crippen molar-refractivity contribution in [3.05, 3.63) is 54.1 Å². The second-order valence-corrected chi connectivity index (χ2v) is 4.63. The van der Waals surface area contributed by atoms with Crippen molar-refractivity contribution >= 4 is 6.08 Å². The Hall–Kier alpha value is -1.30. The number of allylic oxidation sites excluding steroid dienone is 2. The third-order valence-electron chi connectivity index (χ3n) is 2.35. The van der Waals surface area contributed by atoms with Gasteiger partial charge >= 0.3 is 0 Å². The molecule has 16 heavy (non-hydrogen) atoms. The number of rotatable bonds is 3. The minimum absolute atomic E-state index is 0.780. The molecule has 0 spiro atoms. The van der Waals surface area contributed by atoms with Crippen LogP contribution in [0.3, 0.4) is 0 Å². The van der Waals surface area contributed by atoms with Crippen molar-refractivity contribution in [2.75, 3.05) is 0 Å². The second-order valence-electron chi connectivity index (χ2n) is 4.63. The molecule has 0 unspecified atom stereocenters. The van der Waals surface area contributed by atoms with Gasteiger partial charge in [-0.25, -0.2) is 0 Å². The topological polar surface area (TPSA) is 0 Å². The van der Waals surface area contributed by atoms with Crippen LogP contribution in [-0.2, 0) is 0 Å². The lowest BCUT2D eigenvalue weighted by atomic mass is 10.1. The van der Waals surface area contributed by atoms with E-state index in [1.54, 1.807) is 5.57 Å². The summed E-state index contributed by atoms with van der Waals surface area (Å²) in [4.78, 5) is 0. The molecule has 0 bridgehead atoms. The Morgan fingerprint density at radius 1 is 1.19 bits per heavy atom. The van der Waals surface area contributed by atoms with Crippen LogP contribution in [0.4, 0.5) is 0 Å². The molecule has 86 valence electrons. The van der Waals surface area contributed by atoms with Crippen molar-refractivity contribution in [1.29, 1.82) is 0 Å². The van der Waals surface area contributed by atoms with Gasteiger partial charge in [0.2, 0.25) is 0 Å². The second kappa shape index (κ2) is 7.05. The minimum atomic E-state index is 0.780. The smallest absolute Gasteiger partial charge is 0.0257 e. The summed E-state index contributed by atoms with van der Waals surface area (Å²) >= 11 is 0. The van der Waals surface area contributed by atoms with Crippen molar-refractivity contribution in [2.45, 2.75) is 33.1 Å². The Labute approximate surface area is 99.7 Å². The highest BCUT2D eigenvalue weighted by Gasteiger charge is 2.09. The first kappa shape index (κ1) is 12.8. The van der Waals surface area contributed by atoms with Crippen LogP contribution in [0.15, 0.2) is 48.6 Å². The molecule has 1 saturated carbocycles. The van der Waals surface area contributed by atoms with Gasteiger partial charge in [-0.15, -0.1) is 6.58 Å². The first-order chi connectivity index (χ1) is 7.72. The van der Waals surface area contributed by atoms with E-state index in [1.807, 2.05) is 6.08 Å². The summed E-state index contributed by atoms with van der Waals surface area (Å²) in [5.74, 6) is 0.780. The molecule has 1 aliphatic rings. The summed E-state index contributed by atoms with van der Waals surface area (Å²) in [5, 5.41) is 0. The predicted octanol–water partition coefficient (Wildman–Crippen LogP) is 5.08. The fourth-order valence-electron chi connectivity index (χ4n) is 1.33. The normalized spacial score (nSPS) is 12.8. The van der Waals surface area contributed by atoms with E-state index in [1.165, 1.54) is 18.4 Å². The fourth-order valence-corrected chi connectivity index (χ4v) is 1.33. The average molecular weight is 214 g/mol. The molecular weight excluding hydrogens is 192 g/mol. The Balaban J connectivity index is 0.000000187. The van der Waals surface area contributed by atoms with Crippen LogP contribution in [0.25, 0.3) is 6.08 Å². The molecular formula is C16H22. The first-order valence-electron chi connectivity index (χ1n) is 6.07. The van der Waals surface area contributed by atoms with E-state index in [9.17, 15) is 0 Å². The molecule has 0 atom stereocenters. The summed E-state index contributed by atoms with van der Waals surface area (Å²) in [5.41, 5.74) is 2.93. The lowest BCUT2D eigenvalue weighted by Crippen LogP contribution is -1.78. The lowest BCUT2D eigenvalue weighted by Gasteiger charge is -1.92. The highest BCUT2D eigenvalue weighted by molar-refractivity contribution is 5.55. The van der Waals surface area contributed by atoms with E-state index in [-0.39, 0.29) is 0 Å². The summed E-state index contributed by atoms with van der Waals surface area (Å²) in [6, 6.07) is 10.5. The minimum Gasteiger partial charge on any atom is -0.103 e. The Morgan fingerprint density at radius 2 is 1.81 bits per heavy atom. The van der Waals surface area contributed by atoms with Crippen LogP contribution in [0, 0.1) is 5.92 Å². The summed E-state index contributed by atoms with van der Waals surface area (Å²) < 4.78 is 0. The van der Waals surface area contributed by atoms with Gasteiger partial charge in [0.15, 0.2) is 0 Å². The predicted molar refractivity (Wildman–Crippen MR) is 73.3 cm³/mol. The van der Waals surface area contributed by atoms with E-state index >= 15 is 0 Å². The van der Waals surface area contributed by atoms with Crippen LogP contribution >= 0.6 is 0 Å². The molecule has 0 amide bonds. The molecule has 1 aromatic rings. The number of hydrogen-bond acceptors (Lipinski definition) is 0. The van der Waals surface area contributed by atoms with Gasteiger partial charge in [-0.1, -0.05) is 61.9 Å². The summed E-state index contributed by atoms with van der Waals surface area (Å²) in [6.45, 7) is 7.97. The highest BCUT2D eigenvalue weighted by atomic mass is 14.1. The van der Waals surface area contributed by atoms with Crippen LogP contribution in [0.2, 0.25) is 0 Å². The summed E-state index contributed by atoms with van der Waals surface area (Å²) in [7, 11) is 0. The molecule has 1 aliphatic carbocycles. The van der Waals surface area contributed by atoms with Gasteiger partial charge in [0.1, 0.15) is 0 Å².